The number of rotatable bonds is 9. The number of hydrogen-bond acceptors (Lipinski definition) is 5. The van der Waals surface area contributed by atoms with Gasteiger partial charge in [-0.15, -0.1) is 0 Å². The molecule has 6 nitrogen and oxygen atoms in total. The molecular weight excluding hydrogens is 433 g/mol. The molecule has 0 radical (unpaired) electrons. The highest BCUT2D eigenvalue weighted by Crippen LogP contribution is 2.22. The standard InChI is InChI=1S/C21H25F3N2O4S/c1-15-5-6-16(2)19(13-15)31(28,29)30-18-9-7-17(8-10-18)20(27)25-11-4-12-26(3)14-21(22,23)24/h5-10,13H,4,11-12,14H2,1-3H3,(H,25,27). The van der Waals surface area contributed by atoms with E-state index in [9.17, 15) is 26.4 Å². The van der Waals surface area contributed by atoms with E-state index < -0.39 is 28.7 Å². The molecule has 0 unspecified atom stereocenters. The minimum atomic E-state index is -4.26. The second kappa shape index (κ2) is 10.1. The van der Waals surface area contributed by atoms with E-state index in [-0.39, 0.29) is 29.3 Å². The zero-order valence-corrected chi connectivity index (χ0v) is 18.3. The number of aryl methyl sites for hydroxylation is 2. The quantitative estimate of drug-likeness (QED) is 0.458. The van der Waals surface area contributed by atoms with Crippen molar-refractivity contribution in [2.45, 2.75) is 31.3 Å². The second-order valence-electron chi connectivity index (χ2n) is 7.29. The van der Waals surface area contributed by atoms with E-state index in [1.165, 1.54) is 37.4 Å². The van der Waals surface area contributed by atoms with Gasteiger partial charge in [0.15, 0.2) is 0 Å². The molecule has 170 valence electrons. The van der Waals surface area contributed by atoms with Gasteiger partial charge in [-0.3, -0.25) is 9.69 Å². The van der Waals surface area contributed by atoms with Gasteiger partial charge in [0, 0.05) is 12.1 Å². The van der Waals surface area contributed by atoms with Crippen LogP contribution in [0.1, 0.15) is 27.9 Å². The molecule has 0 aliphatic carbocycles. The van der Waals surface area contributed by atoms with Crippen LogP contribution in [0, 0.1) is 13.8 Å². The second-order valence-corrected chi connectivity index (χ2v) is 8.81. The van der Waals surface area contributed by atoms with Gasteiger partial charge in [0.25, 0.3) is 5.91 Å². The lowest BCUT2D eigenvalue weighted by Gasteiger charge is -2.18. The molecule has 0 atom stereocenters. The highest BCUT2D eigenvalue weighted by atomic mass is 32.2. The molecule has 2 aromatic rings. The van der Waals surface area contributed by atoms with Gasteiger partial charge >= 0.3 is 16.3 Å². The number of nitrogens with one attached hydrogen (secondary N) is 1. The van der Waals surface area contributed by atoms with Crippen LogP contribution < -0.4 is 9.50 Å². The van der Waals surface area contributed by atoms with Gasteiger partial charge in [-0.1, -0.05) is 12.1 Å². The highest BCUT2D eigenvalue weighted by Gasteiger charge is 2.28. The molecule has 0 aliphatic heterocycles. The Morgan fingerprint density at radius 2 is 1.74 bits per heavy atom. The van der Waals surface area contributed by atoms with Crippen molar-refractivity contribution in [2.24, 2.45) is 0 Å². The van der Waals surface area contributed by atoms with Gasteiger partial charge in [0.2, 0.25) is 0 Å². The van der Waals surface area contributed by atoms with Crippen molar-refractivity contribution in [1.82, 2.24) is 10.2 Å². The monoisotopic (exact) mass is 458 g/mol. The first-order valence-electron chi connectivity index (χ1n) is 9.53. The van der Waals surface area contributed by atoms with Gasteiger partial charge in [0.1, 0.15) is 10.6 Å². The first-order chi connectivity index (χ1) is 14.4. The number of carbonyl (C=O) groups is 1. The van der Waals surface area contributed by atoms with Crippen molar-refractivity contribution in [3.63, 3.8) is 0 Å². The van der Waals surface area contributed by atoms with Crippen LogP contribution in [0.2, 0.25) is 0 Å². The third kappa shape index (κ3) is 7.87. The number of alkyl halides is 3. The van der Waals surface area contributed by atoms with Crippen molar-refractivity contribution >= 4 is 16.0 Å². The zero-order chi connectivity index (χ0) is 23.2. The Labute approximate surface area is 180 Å². The maximum absolute atomic E-state index is 12.5. The van der Waals surface area contributed by atoms with Crippen LogP contribution in [0.5, 0.6) is 5.75 Å². The number of benzene rings is 2. The fourth-order valence-corrected chi connectivity index (χ4v) is 4.10. The van der Waals surface area contributed by atoms with E-state index in [2.05, 4.69) is 5.32 Å². The van der Waals surface area contributed by atoms with E-state index in [1.54, 1.807) is 26.0 Å². The molecule has 31 heavy (non-hydrogen) atoms. The molecule has 0 aliphatic rings. The van der Waals surface area contributed by atoms with E-state index in [0.717, 1.165) is 10.5 Å². The number of nitrogens with zero attached hydrogens (tertiary/aromatic N) is 1. The Kier molecular flexibility index (Phi) is 8.08. The first-order valence-corrected chi connectivity index (χ1v) is 10.9. The van der Waals surface area contributed by atoms with E-state index >= 15 is 0 Å². The summed E-state index contributed by atoms with van der Waals surface area (Å²) in [4.78, 5) is 13.4. The Morgan fingerprint density at radius 1 is 1.10 bits per heavy atom. The molecule has 1 N–H and O–H groups in total. The van der Waals surface area contributed by atoms with Crippen molar-refractivity contribution < 1.29 is 30.6 Å². The molecule has 0 spiro atoms. The van der Waals surface area contributed by atoms with E-state index in [4.69, 9.17) is 4.18 Å². The van der Waals surface area contributed by atoms with Gasteiger partial charge in [-0.05, 0) is 75.3 Å². The molecule has 1 amide bonds. The maximum Gasteiger partial charge on any atom is 0.401 e. The number of halogens is 3. The molecule has 10 heteroatoms. The van der Waals surface area contributed by atoms with Crippen LogP contribution >= 0.6 is 0 Å². The first kappa shape index (κ1) is 24.7. The summed E-state index contributed by atoms with van der Waals surface area (Å²) in [6, 6.07) is 10.6. The molecular formula is C21H25F3N2O4S. The van der Waals surface area contributed by atoms with Crippen molar-refractivity contribution in [2.75, 3.05) is 26.7 Å². The predicted octanol–water partition coefficient (Wildman–Crippen LogP) is 3.69. The highest BCUT2D eigenvalue weighted by molar-refractivity contribution is 7.87. The van der Waals surface area contributed by atoms with Crippen LogP contribution in [0.15, 0.2) is 47.4 Å². The van der Waals surface area contributed by atoms with Crippen LogP contribution in [0.4, 0.5) is 13.2 Å². The average molecular weight is 459 g/mol. The van der Waals surface area contributed by atoms with Gasteiger partial charge < -0.3 is 9.50 Å². The fraction of sp³-hybridized carbons (Fsp3) is 0.381. The third-order valence-electron chi connectivity index (χ3n) is 4.39. The Balaban J connectivity index is 1.90. The molecule has 0 bridgehead atoms. The minimum absolute atomic E-state index is 0.0613. The molecule has 2 rings (SSSR count). The normalized spacial score (nSPS) is 12.1. The lowest BCUT2D eigenvalue weighted by Crippen LogP contribution is -2.33. The number of hydrogen-bond donors (Lipinski definition) is 1. The van der Waals surface area contributed by atoms with Crippen LogP contribution in [0.3, 0.4) is 0 Å². The van der Waals surface area contributed by atoms with Gasteiger partial charge in [-0.2, -0.15) is 21.6 Å². The topological polar surface area (TPSA) is 75.7 Å². The minimum Gasteiger partial charge on any atom is -0.379 e. The zero-order valence-electron chi connectivity index (χ0n) is 17.5. The fourth-order valence-electron chi connectivity index (χ4n) is 2.85. The smallest absolute Gasteiger partial charge is 0.379 e. The SMILES string of the molecule is Cc1ccc(C)c(S(=O)(=O)Oc2ccc(C(=O)NCCCN(C)CC(F)(F)F)cc2)c1. The summed E-state index contributed by atoms with van der Waals surface area (Å²) in [6.07, 6.45) is -3.90. The molecule has 0 saturated carbocycles. The Bertz CT molecular complexity index is 1010. The summed E-state index contributed by atoms with van der Waals surface area (Å²) < 4.78 is 67.1. The summed E-state index contributed by atoms with van der Waals surface area (Å²) in [6.45, 7) is 2.83. The van der Waals surface area contributed by atoms with E-state index in [1.807, 2.05) is 0 Å². The van der Waals surface area contributed by atoms with Crippen molar-refractivity contribution in [1.29, 1.82) is 0 Å². The Morgan fingerprint density at radius 3 is 2.35 bits per heavy atom. The molecule has 0 aromatic heterocycles. The van der Waals surface area contributed by atoms with Crippen LogP contribution in [-0.2, 0) is 10.1 Å². The predicted molar refractivity (Wildman–Crippen MR) is 111 cm³/mol. The largest absolute Gasteiger partial charge is 0.401 e. The molecule has 0 heterocycles. The summed E-state index contributed by atoms with van der Waals surface area (Å²) in [5.41, 5.74) is 1.62. The van der Waals surface area contributed by atoms with E-state index in [0.29, 0.717) is 12.0 Å². The maximum atomic E-state index is 12.5. The molecule has 0 saturated heterocycles. The average Bonchev–Trinajstić information content (AvgIpc) is 2.66. The summed E-state index contributed by atoms with van der Waals surface area (Å²) in [5.74, 6) is -0.353. The summed E-state index contributed by atoms with van der Waals surface area (Å²) >= 11 is 0. The molecule has 2 aromatic carbocycles. The van der Waals surface area contributed by atoms with Crippen molar-refractivity contribution in [3.05, 3.63) is 59.2 Å². The molecule has 0 fully saturated rings. The number of carbonyl (C=O) groups excluding carboxylic acids is 1. The number of amides is 1. The van der Waals surface area contributed by atoms with Gasteiger partial charge in [0.05, 0.1) is 6.54 Å². The van der Waals surface area contributed by atoms with Crippen LogP contribution in [-0.4, -0.2) is 52.1 Å². The summed E-state index contributed by atoms with van der Waals surface area (Å²) in [5, 5.41) is 2.62. The Hall–Kier alpha value is -2.59. The summed E-state index contributed by atoms with van der Waals surface area (Å²) in [7, 11) is -2.66. The van der Waals surface area contributed by atoms with Gasteiger partial charge in [-0.25, -0.2) is 0 Å². The van der Waals surface area contributed by atoms with Crippen molar-refractivity contribution in [3.8, 4) is 5.75 Å². The lowest BCUT2D eigenvalue weighted by molar-refractivity contribution is -0.143. The lowest BCUT2D eigenvalue weighted by atomic mass is 10.2. The van der Waals surface area contributed by atoms with Crippen LogP contribution in [0.25, 0.3) is 0 Å². The third-order valence-corrected chi connectivity index (χ3v) is 5.78.